The second-order valence-electron chi connectivity index (χ2n) is 18.9. The molecule has 6 heteroatoms. The fourth-order valence-corrected chi connectivity index (χ4v) is 13.5. The average molecular weight is 971 g/mol. The van der Waals surface area contributed by atoms with Gasteiger partial charge in [-0.05, 0) is 132 Å². The molecular formula is C67H42N2O2S2. The van der Waals surface area contributed by atoms with Crippen molar-refractivity contribution < 1.29 is 8.83 Å². The van der Waals surface area contributed by atoms with Crippen molar-refractivity contribution in [3.63, 3.8) is 0 Å². The largest absolute Gasteiger partial charge is 0.455 e. The molecule has 0 saturated heterocycles. The van der Waals surface area contributed by atoms with Crippen molar-refractivity contribution in [2.75, 3.05) is 9.80 Å². The van der Waals surface area contributed by atoms with Gasteiger partial charge >= 0.3 is 0 Å². The SMILES string of the molecule is C=C/C=C\c1c(C)ccc2c1oc1cc(N(c3ccccc3)c3ccc4c(c3)sc3cc5cc6c(cc5cc34)sc3cc(N(c4ccccc4)c4ccc5c(c4)oc4c7ccccc7ccc54)ccc36)ccc12. The average Bonchev–Trinajstić information content (AvgIpc) is 4.20. The third-order valence-corrected chi connectivity index (χ3v) is 16.9. The first kappa shape index (κ1) is 41.8. The highest BCUT2D eigenvalue weighted by atomic mass is 32.1. The highest BCUT2D eigenvalue weighted by Gasteiger charge is 2.21. The topological polar surface area (TPSA) is 32.8 Å². The van der Waals surface area contributed by atoms with E-state index in [0.717, 1.165) is 89.0 Å². The molecule has 344 valence electrons. The zero-order valence-corrected chi connectivity index (χ0v) is 41.2. The first-order valence-corrected chi connectivity index (χ1v) is 26.2. The maximum absolute atomic E-state index is 6.68. The van der Waals surface area contributed by atoms with Crippen LogP contribution in [0.15, 0.2) is 234 Å². The predicted molar refractivity (Wildman–Crippen MR) is 315 cm³/mol. The molecule has 0 saturated carbocycles. The van der Waals surface area contributed by atoms with Crippen LogP contribution in [0.5, 0.6) is 0 Å². The number of rotatable bonds is 8. The van der Waals surface area contributed by atoms with E-state index < -0.39 is 0 Å². The van der Waals surface area contributed by atoms with Gasteiger partial charge in [0.1, 0.15) is 22.3 Å². The molecular weight excluding hydrogens is 929 g/mol. The van der Waals surface area contributed by atoms with E-state index in [1.54, 1.807) is 6.08 Å². The summed E-state index contributed by atoms with van der Waals surface area (Å²) in [6.07, 6.45) is 5.86. The Morgan fingerprint density at radius 3 is 1.41 bits per heavy atom. The normalized spacial score (nSPS) is 12.2. The van der Waals surface area contributed by atoms with E-state index in [2.05, 4.69) is 236 Å². The first-order chi connectivity index (χ1) is 36.0. The van der Waals surface area contributed by atoms with Crippen LogP contribution in [-0.4, -0.2) is 0 Å². The summed E-state index contributed by atoms with van der Waals surface area (Å²) in [5, 5.41) is 14.4. The van der Waals surface area contributed by atoms with E-state index >= 15 is 0 Å². The van der Waals surface area contributed by atoms with Crippen LogP contribution in [0.4, 0.5) is 34.1 Å². The molecule has 0 radical (unpaired) electrons. The molecule has 4 nitrogen and oxygen atoms in total. The molecule has 0 aliphatic rings. The summed E-state index contributed by atoms with van der Waals surface area (Å²) >= 11 is 3.72. The van der Waals surface area contributed by atoms with Crippen molar-refractivity contribution in [2.24, 2.45) is 0 Å². The number of thiophene rings is 2. The van der Waals surface area contributed by atoms with Gasteiger partial charge in [-0.3, -0.25) is 0 Å². The van der Waals surface area contributed by atoms with Crippen molar-refractivity contribution in [3.05, 3.63) is 236 Å². The lowest BCUT2D eigenvalue weighted by atomic mass is 10.0. The summed E-state index contributed by atoms with van der Waals surface area (Å²) < 4.78 is 18.4. The lowest BCUT2D eigenvalue weighted by Crippen LogP contribution is -2.09. The Hall–Kier alpha value is -8.94. The Morgan fingerprint density at radius 2 is 0.836 bits per heavy atom. The number of anilines is 6. The molecule has 0 aliphatic carbocycles. The first-order valence-electron chi connectivity index (χ1n) is 24.6. The number of benzene rings is 11. The standard InChI is InChI=1S/C67H42N2O2S2/c1-3-4-18-50-40(2)20-26-56-52-28-22-46(36-60(52)70-66(50)56)68(44-14-7-5-8-15-44)48-24-30-54-58-32-42-35-63-59(33-43(42)34-62(58)72-64(54)38-48)55-31-25-49(39-65(55)73-63)69(45-16-9-6-10-17-45)47-23-29-53-57-27-21-41-13-11-12-19-51(41)67(57)71-61(53)37-47/h3-39H,1H2,2H3/b18-4-. The molecule has 15 aromatic rings. The maximum atomic E-state index is 6.68. The minimum absolute atomic E-state index is 0.857. The molecule has 0 fully saturated rings. The molecule has 0 aliphatic heterocycles. The van der Waals surface area contributed by atoms with Gasteiger partial charge in [0.25, 0.3) is 0 Å². The number of nitrogens with zero attached hydrogens (tertiary/aromatic N) is 2. The van der Waals surface area contributed by atoms with Crippen molar-refractivity contribution in [2.45, 2.75) is 6.92 Å². The Morgan fingerprint density at radius 1 is 0.370 bits per heavy atom. The van der Waals surface area contributed by atoms with Gasteiger partial charge in [-0.15, -0.1) is 22.7 Å². The van der Waals surface area contributed by atoms with Gasteiger partial charge in [-0.25, -0.2) is 0 Å². The van der Waals surface area contributed by atoms with Crippen LogP contribution >= 0.6 is 22.7 Å². The maximum Gasteiger partial charge on any atom is 0.143 e. The molecule has 11 aromatic carbocycles. The molecule has 73 heavy (non-hydrogen) atoms. The molecule has 4 heterocycles. The highest BCUT2D eigenvalue weighted by molar-refractivity contribution is 7.26. The Kier molecular flexibility index (Phi) is 9.34. The van der Waals surface area contributed by atoms with Crippen LogP contribution in [0.2, 0.25) is 0 Å². The third kappa shape index (κ3) is 6.65. The zero-order valence-electron chi connectivity index (χ0n) is 39.6. The fraction of sp³-hybridized carbons (Fsp3) is 0.0149. The van der Waals surface area contributed by atoms with Gasteiger partial charge in [-0.1, -0.05) is 116 Å². The molecule has 0 atom stereocenters. The monoisotopic (exact) mass is 970 g/mol. The van der Waals surface area contributed by atoms with Crippen molar-refractivity contribution >= 4 is 169 Å². The van der Waals surface area contributed by atoms with Crippen LogP contribution in [0.3, 0.4) is 0 Å². The minimum Gasteiger partial charge on any atom is -0.455 e. The van der Waals surface area contributed by atoms with Crippen LogP contribution in [0.25, 0.3) is 112 Å². The number of para-hydroxylation sites is 2. The van der Waals surface area contributed by atoms with Gasteiger partial charge in [0.15, 0.2) is 0 Å². The zero-order chi connectivity index (χ0) is 48.3. The molecule has 0 unspecified atom stereocenters. The molecule has 0 N–H and O–H groups in total. The fourth-order valence-electron chi connectivity index (χ4n) is 11.2. The quantitative estimate of drug-likeness (QED) is 0.142. The Bertz CT molecular complexity index is 4790. The lowest BCUT2D eigenvalue weighted by Gasteiger charge is -2.25. The van der Waals surface area contributed by atoms with Crippen molar-refractivity contribution in [1.82, 2.24) is 0 Å². The highest BCUT2D eigenvalue weighted by Crippen LogP contribution is 2.47. The number of aryl methyl sites for hydroxylation is 1. The van der Waals surface area contributed by atoms with Gasteiger partial charge in [0, 0.05) is 119 Å². The van der Waals surface area contributed by atoms with E-state index in [0.29, 0.717) is 0 Å². The summed E-state index contributed by atoms with van der Waals surface area (Å²) in [5.41, 5.74) is 12.3. The molecule has 0 bridgehead atoms. The summed E-state index contributed by atoms with van der Waals surface area (Å²) in [6.45, 7) is 6.01. The lowest BCUT2D eigenvalue weighted by molar-refractivity contribution is 0.667. The van der Waals surface area contributed by atoms with Gasteiger partial charge in [0.05, 0.1) is 0 Å². The van der Waals surface area contributed by atoms with E-state index in [-0.39, 0.29) is 0 Å². The smallest absolute Gasteiger partial charge is 0.143 e. The Labute approximate surface area is 427 Å². The van der Waals surface area contributed by atoms with E-state index in [1.165, 1.54) is 62.1 Å². The molecule has 0 amide bonds. The summed E-state index contributed by atoms with van der Waals surface area (Å²) in [7, 11) is 0. The van der Waals surface area contributed by atoms with Crippen molar-refractivity contribution in [1.29, 1.82) is 0 Å². The van der Waals surface area contributed by atoms with E-state index in [9.17, 15) is 0 Å². The van der Waals surface area contributed by atoms with E-state index in [4.69, 9.17) is 8.83 Å². The predicted octanol–water partition coefficient (Wildman–Crippen LogP) is 21.0. The van der Waals surface area contributed by atoms with Crippen LogP contribution in [0.1, 0.15) is 11.1 Å². The van der Waals surface area contributed by atoms with Crippen molar-refractivity contribution in [3.8, 4) is 0 Å². The number of hydrogen-bond acceptors (Lipinski definition) is 6. The summed E-state index contributed by atoms with van der Waals surface area (Å²) in [5.74, 6) is 0. The molecule has 0 spiro atoms. The van der Waals surface area contributed by atoms with Crippen LogP contribution < -0.4 is 9.80 Å². The molecule has 4 aromatic heterocycles. The number of fused-ring (bicyclic) bond motifs is 15. The number of allylic oxidation sites excluding steroid dienone is 2. The summed E-state index contributed by atoms with van der Waals surface area (Å²) in [6, 6.07) is 75.1. The third-order valence-electron chi connectivity index (χ3n) is 14.7. The van der Waals surface area contributed by atoms with Crippen LogP contribution in [-0.2, 0) is 0 Å². The summed E-state index contributed by atoms with van der Waals surface area (Å²) in [4.78, 5) is 4.68. The van der Waals surface area contributed by atoms with Gasteiger partial charge < -0.3 is 18.6 Å². The minimum atomic E-state index is 0.857. The van der Waals surface area contributed by atoms with Gasteiger partial charge in [0.2, 0.25) is 0 Å². The second kappa shape index (κ2) is 16.3. The second-order valence-corrected chi connectivity index (χ2v) is 21.1. The number of hydrogen-bond donors (Lipinski definition) is 0. The molecule has 15 rings (SSSR count). The van der Waals surface area contributed by atoms with E-state index in [1.807, 2.05) is 28.7 Å². The number of furan rings is 2. The van der Waals surface area contributed by atoms with Crippen LogP contribution in [0, 0.1) is 6.92 Å². The Balaban J connectivity index is 0.807. The van der Waals surface area contributed by atoms with Gasteiger partial charge in [-0.2, -0.15) is 0 Å².